The third kappa shape index (κ3) is 6.04. The van der Waals surface area contributed by atoms with Gasteiger partial charge in [-0.3, -0.25) is 4.79 Å². The van der Waals surface area contributed by atoms with Gasteiger partial charge in [-0.1, -0.05) is 60.7 Å². The van der Waals surface area contributed by atoms with Crippen LogP contribution in [-0.2, 0) is 17.6 Å². The lowest BCUT2D eigenvalue weighted by Gasteiger charge is -2.12. The lowest BCUT2D eigenvalue weighted by Crippen LogP contribution is -2.27. The fourth-order valence-corrected chi connectivity index (χ4v) is 3.10. The smallest absolute Gasteiger partial charge is 0.387 e. The SMILES string of the molecule is COc1ccc(CCNC(=O)Cc2ccc(-c3ccccc3)cc2)cc1OC(F)F. The standard InChI is InChI=1S/C24H23F2NO3/c1-29-21-12-9-18(15-22(21)30-24(25)26)13-14-27-23(28)16-17-7-10-20(11-8-17)19-5-3-2-4-6-19/h2-12,15,24H,13-14,16H2,1H3,(H,27,28). The summed E-state index contributed by atoms with van der Waals surface area (Å²) in [6.45, 7) is -2.54. The zero-order valence-electron chi connectivity index (χ0n) is 16.6. The molecule has 1 amide bonds. The molecule has 0 unspecified atom stereocenters. The summed E-state index contributed by atoms with van der Waals surface area (Å²) in [5.41, 5.74) is 3.91. The predicted molar refractivity (Wildman–Crippen MR) is 112 cm³/mol. The Morgan fingerprint density at radius 2 is 1.57 bits per heavy atom. The molecule has 3 aromatic rings. The van der Waals surface area contributed by atoms with E-state index in [0.717, 1.165) is 22.3 Å². The highest BCUT2D eigenvalue weighted by Gasteiger charge is 2.11. The zero-order chi connectivity index (χ0) is 21.3. The van der Waals surface area contributed by atoms with Crippen molar-refractivity contribution < 1.29 is 23.0 Å². The molecule has 0 aliphatic rings. The minimum Gasteiger partial charge on any atom is -0.493 e. The van der Waals surface area contributed by atoms with Crippen molar-refractivity contribution in [3.63, 3.8) is 0 Å². The molecule has 3 aromatic carbocycles. The van der Waals surface area contributed by atoms with Crippen molar-refractivity contribution in [1.29, 1.82) is 0 Å². The van der Waals surface area contributed by atoms with E-state index in [1.54, 1.807) is 12.1 Å². The van der Waals surface area contributed by atoms with Gasteiger partial charge in [0.25, 0.3) is 0 Å². The van der Waals surface area contributed by atoms with E-state index in [1.165, 1.54) is 13.2 Å². The molecule has 6 heteroatoms. The molecule has 30 heavy (non-hydrogen) atoms. The molecule has 0 fully saturated rings. The van der Waals surface area contributed by atoms with Crippen molar-refractivity contribution >= 4 is 5.91 Å². The average Bonchev–Trinajstić information content (AvgIpc) is 2.75. The van der Waals surface area contributed by atoms with Crippen LogP contribution in [0.4, 0.5) is 8.78 Å². The Bertz CT molecular complexity index is 960. The van der Waals surface area contributed by atoms with Crippen LogP contribution in [0.2, 0.25) is 0 Å². The predicted octanol–water partition coefficient (Wildman–Crippen LogP) is 4.87. The number of amides is 1. The number of hydrogen-bond acceptors (Lipinski definition) is 3. The van der Waals surface area contributed by atoms with Crippen LogP contribution in [-0.4, -0.2) is 26.2 Å². The summed E-state index contributed by atoms with van der Waals surface area (Å²) in [6, 6.07) is 22.7. The van der Waals surface area contributed by atoms with Gasteiger partial charge < -0.3 is 14.8 Å². The number of carbonyl (C=O) groups excluding carboxylic acids is 1. The number of alkyl halides is 2. The summed E-state index contributed by atoms with van der Waals surface area (Å²) >= 11 is 0. The number of methoxy groups -OCH3 is 1. The van der Waals surface area contributed by atoms with Crippen LogP contribution >= 0.6 is 0 Å². The molecule has 0 radical (unpaired) electrons. The van der Waals surface area contributed by atoms with Crippen molar-refractivity contribution in [1.82, 2.24) is 5.32 Å². The Morgan fingerprint density at radius 3 is 2.23 bits per heavy atom. The highest BCUT2D eigenvalue weighted by Crippen LogP contribution is 2.29. The quantitative estimate of drug-likeness (QED) is 0.547. The van der Waals surface area contributed by atoms with E-state index < -0.39 is 6.61 Å². The van der Waals surface area contributed by atoms with Crippen LogP contribution in [0.1, 0.15) is 11.1 Å². The van der Waals surface area contributed by atoms with Gasteiger partial charge in [-0.15, -0.1) is 0 Å². The van der Waals surface area contributed by atoms with Crippen LogP contribution in [0.5, 0.6) is 11.5 Å². The van der Waals surface area contributed by atoms with Crippen LogP contribution in [0, 0.1) is 0 Å². The Balaban J connectivity index is 1.50. The molecular weight excluding hydrogens is 388 g/mol. The number of nitrogens with one attached hydrogen (secondary N) is 1. The minimum atomic E-state index is -2.93. The molecule has 0 aromatic heterocycles. The summed E-state index contributed by atoms with van der Waals surface area (Å²) in [5.74, 6) is 0.122. The second-order valence-corrected chi connectivity index (χ2v) is 6.70. The van der Waals surface area contributed by atoms with Gasteiger partial charge in [0.15, 0.2) is 11.5 Å². The molecular formula is C24H23F2NO3. The highest BCUT2D eigenvalue weighted by molar-refractivity contribution is 5.78. The summed E-state index contributed by atoms with van der Waals surface area (Å²) in [7, 11) is 1.39. The Morgan fingerprint density at radius 1 is 0.900 bits per heavy atom. The number of rotatable bonds is 9. The minimum absolute atomic E-state index is 0.0187. The molecule has 0 heterocycles. The maximum absolute atomic E-state index is 12.5. The number of hydrogen-bond donors (Lipinski definition) is 1. The van der Waals surface area contributed by atoms with Crippen molar-refractivity contribution in [3.8, 4) is 22.6 Å². The van der Waals surface area contributed by atoms with Gasteiger partial charge in [0.1, 0.15) is 0 Å². The van der Waals surface area contributed by atoms with Gasteiger partial charge in [0.05, 0.1) is 13.5 Å². The topological polar surface area (TPSA) is 47.6 Å². The van der Waals surface area contributed by atoms with Gasteiger partial charge in [0.2, 0.25) is 5.91 Å². The highest BCUT2D eigenvalue weighted by atomic mass is 19.3. The third-order valence-corrected chi connectivity index (χ3v) is 4.61. The van der Waals surface area contributed by atoms with E-state index in [0.29, 0.717) is 13.0 Å². The van der Waals surface area contributed by atoms with Gasteiger partial charge in [-0.05, 0) is 40.8 Å². The number of benzene rings is 3. The lowest BCUT2D eigenvalue weighted by atomic mass is 10.0. The van der Waals surface area contributed by atoms with Crippen molar-refractivity contribution in [3.05, 3.63) is 83.9 Å². The first kappa shape index (κ1) is 21.3. The first-order valence-corrected chi connectivity index (χ1v) is 9.58. The Labute approximate surface area is 174 Å². The third-order valence-electron chi connectivity index (χ3n) is 4.61. The van der Waals surface area contributed by atoms with Crippen LogP contribution in [0.25, 0.3) is 11.1 Å². The molecule has 0 bridgehead atoms. The van der Waals surface area contributed by atoms with E-state index in [1.807, 2.05) is 54.6 Å². The molecule has 1 N–H and O–H groups in total. The molecule has 0 saturated carbocycles. The average molecular weight is 411 g/mol. The van der Waals surface area contributed by atoms with Gasteiger partial charge in [-0.25, -0.2) is 0 Å². The fraction of sp³-hybridized carbons (Fsp3) is 0.208. The largest absolute Gasteiger partial charge is 0.493 e. The molecule has 0 spiro atoms. The molecule has 4 nitrogen and oxygen atoms in total. The summed E-state index contributed by atoms with van der Waals surface area (Å²) in [5, 5.41) is 2.86. The summed E-state index contributed by atoms with van der Waals surface area (Å²) < 4.78 is 34.5. The van der Waals surface area contributed by atoms with Crippen molar-refractivity contribution in [2.75, 3.05) is 13.7 Å². The molecule has 0 atom stereocenters. The molecule has 0 saturated heterocycles. The van der Waals surface area contributed by atoms with E-state index in [-0.39, 0.29) is 23.8 Å². The molecule has 156 valence electrons. The van der Waals surface area contributed by atoms with Crippen LogP contribution in [0.15, 0.2) is 72.8 Å². The first-order valence-electron chi connectivity index (χ1n) is 9.58. The molecule has 3 rings (SSSR count). The number of ether oxygens (including phenoxy) is 2. The maximum atomic E-state index is 12.5. The second kappa shape index (κ2) is 10.4. The van der Waals surface area contributed by atoms with Gasteiger partial charge >= 0.3 is 6.61 Å². The first-order chi connectivity index (χ1) is 14.5. The van der Waals surface area contributed by atoms with Crippen LogP contribution in [0.3, 0.4) is 0 Å². The van der Waals surface area contributed by atoms with E-state index in [4.69, 9.17) is 4.74 Å². The Kier molecular flexibility index (Phi) is 7.38. The molecule has 0 aliphatic heterocycles. The van der Waals surface area contributed by atoms with Crippen molar-refractivity contribution in [2.45, 2.75) is 19.5 Å². The maximum Gasteiger partial charge on any atom is 0.387 e. The van der Waals surface area contributed by atoms with E-state index >= 15 is 0 Å². The number of halogens is 2. The zero-order valence-corrected chi connectivity index (χ0v) is 16.6. The Hall–Kier alpha value is -3.41. The number of carbonyl (C=O) groups is 1. The van der Waals surface area contributed by atoms with Gasteiger partial charge in [-0.2, -0.15) is 8.78 Å². The monoisotopic (exact) mass is 411 g/mol. The normalized spacial score (nSPS) is 10.7. The van der Waals surface area contributed by atoms with Gasteiger partial charge in [0, 0.05) is 6.54 Å². The lowest BCUT2D eigenvalue weighted by molar-refractivity contribution is -0.120. The van der Waals surface area contributed by atoms with E-state index in [9.17, 15) is 13.6 Å². The van der Waals surface area contributed by atoms with E-state index in [2.05, 4.69) is 10.1 Å². The van der Waals surface area contributed by atoms with Crippen molar-refractivity contribution in [2.24, 2.45) is 0 Å². The summed E-state index contributed by atoms with van der Waals surface area (Å²) in [6.07, 6.45) is 0.764. The van der Waals surface area contributed by atoms with Crippen LogP contribution < -0.4 is 14.8 Å². The fourth-order valence-electron chi connectivity index (χ4n) is 3.10. The second-order valence-electron chi connectivity index (χ2n) is 6.70. The molecule has 0 aliphatic carbocycles. The summed E-state index contributed by atoms with van der Waals surface area (Å²) in [4.78, 5) is 12.2.